The van der Waals surface area contributed by atoms with E-state index in [-0.39, 0.29) is 17.6 Å². The Labute approximate surface area is 109 Å². The molecule has 1 aromatic heterocycles. The van der Waals surface area contributed by atoms with Crippen LogP contribution in [0.2, 0.25) is 0 Å². The summed E-state index contributed by atoms with van der Waals surface area (Å²) in [5, 5.41) is 0. The monoisotopic (exact) mass is 271 g/mol. The van der Waals surface area contributed by atoms with Gasteiger partial charge in [-0.2, -0.15) is 0 Å². The Hall–Kier alpha value is -1.43. The molecule has 18 heavy (non-hydrogen) atoms. The molecular weight excluding hydrogens is 254 g/mol. The number of carbonyl (C=O) groups excluding carboxylic acids is 1. The summed E-state index contributed by atoms with van der Waals surface area (Å²) in [5.74, 6) is 0.333. The second kappa shape index (κ2) is 7.10. The molecule has 0 fully saturated rings. The highest BCUT2D eigenvalue weighted by Gasteiger charge is 2.17. The van der Waals surface area contributed by atoms with Gasteiger partial charge in [-0.05, 0) is 6.07 Å². The SMILES string of the molecule is COC(=O)C(C)CS(=O)Cc1cccnc1OC. The van der Waals surface area contributed by atoms with Crippen LogP contribution in [0.3, 0.4) is 0 Å². The van der Waals surface area contributed by atoms with Crippen molar-refractivity contribution in [2.75, 3.05) is 20.0 Å². The van der Waals surface area contributed by atoms with Crippen LogP contribution in [0.25, 0.3) is 0 Å². The number of methoxy groups -OCH3 is 2. The number of ether oxygens (including phenoxy) is 2. The minimum atomic E-state index is -1.16. The van der Waals surface area contributed by atoms with Gasteiger partial charge in [-0.3, -0.25) is 9.00 Å². The maximum absolute atomic E-state index is 11.9. The van der Waals surface area contributed by atoms with Crippen LogP contribution in [0.5, 0.6) is 5.88 Å². The molecule has 0 amide bonds. The first-order chi connectivity index (χ1) is 8.58. The molecule has 1 rings (SSSR count). The third kappa shape index (κ3) is 4.10. The summed E-state index contributed by atoms with van der Waals surface area (Å²) >= 11 is 0. The topological polar surface area (TPSA) is 65.5 Å². The number of pyridine rings is 1. The minimum Gasteiger partial charge on any atom is -0.481 e. The lowest BCUT2D eigenvalue weighted by atomic mass is 10.2. The summed E-state index contributed by atoms with van der Waals surface area (Å²) < 4.78 is 21.6. The van der Waals surface area contributed by atoms with Crippen molar-refractivity contribution in [3.8, 4) is 5.88 Å². The van der Waals surface area contributed by atoms with E-state index in [2.05, 4.69) is 9.72 Å². The van der Waals surface area contributed by atoms with Crippen molar-refractivity contribution in [3.05, 3.63) is 23.9 Å². The Balaban J connectivity index is 2.62. The third-order valence-electron chi connectivity index (χ3n) is 2.40. The number of nitrogens with zero attached hydrogens (tertiary/aromatic N) is 1. The normalized spacial score (nSPS) is 13.7. The molecule has 0 aliphatic heterocycles. The molecule has 2 atom stereocenters. The molecule has 1 heterocycles. The van der Waals surface area contributed by atoms with Crippen LogP contribution in [0.15, 0.2) is 18.3 Å². The van der Waals surface area contributed by atoms with Crippen LogP contribution in [-0.2, 0) is 26.1 Å². The van der Waals surface area contributed by atoms with E-state index in [1.807, 2.05) is 6.07 Å². The van der Waals surface area contributed by atoms with E-state index in [1.54, 1.807) is 19.2 Å². The smallest absolute Gasteiger partial charge is 0.309 e. The number of rotatable bonds is 6. The summed E-state index contributed by atoms with van der Waals surface area (Å²) in [6.45, 7) is 1.70. The van der Waals surface area contributed by atoms with E-state index in [0.717, 1.165) is 5.56 Å². The second-order valence-corrected chi connectivity index (χ2v) is 5.35. The third-order valence-corrected chi connectivity index (χ3v) is 3.90. The molecule has 0 saturated heterocycles. The summed E-state index contributed by atoms with van der Waals surface area (Å²) in [6.07, 6.45) is 1.61. The highest BCUT2D eigenvalue weighted by Crippen LogP contribution is 2.16. The first-order valence-electron chi connectivity index (χ1n) is 5.49. The van der Waals surface area contributed by atoms with E-state index in [0.29, 0.717) is 11.6 Å². The quantitative estimate of drug-likeness (QED) is 0.726. The number of hydrogen-bond donors (Lipinski definition) is 0. The van der Waals surface area contributed by atoms with Gasteiger partial charge in [-0.25, -0.2) is 4.98 Å². The number of aromatic nitrogens is 1. The van der Waals surface area contributed by atoms with Gasteiger partial charge < -0.3 is 9.47 Å². The Kier molecular flexibility index (Phi) is 5.77. The molecule has 6 heteroatoms. The zero-order chi connectivity index (χ0) is 13.5. The molecule has 5 nitrogen and oxygen atoms in total. The minimum absolute atomic E-state index is 0.269. The van der Waals surface area contributed by atoms with Gasteiger partial charge in [0.25, 0.3) is 0 Å². The van der Waals surface area contributed by atoms with Gasteiger partial charge in [0.2, 0.25) is 5.88 Å². The van der Waals surface area contributed by atoms with E-state index in [1.165, 1.54) is 14.2 Å². The van der Waals surface area contributed by atoms with Crippen molar-refractivity contribution in [2.45, 2.75) is 12.7 Å². The molecule has 0 saturated carbocycles. The first-order valence-corrected chi connectivity index (χ1v) is 6.98. The van der Waals surface area contributed by atoms with Crippen LogP contribution in [0.1, 0.15) is 12.5 Å². The zero-order valence-electron chi connectivity index (χ0n) is 10.7. The Bertz CT molecular complexity index is 436. The van der Waals surface area contributed by atoms with Crippen LogP contribution in [0.4, 0.5) is 0 Å². The van der Waals surface area contributed by atoms with E-state index < -0.39 is 10.8 Å². The van der Waals surface area contributed by atoms with Gasteiger partial charge in [0.15, 0.2) is 0 Å². The summed E-state index contributed by atoms with van der Waals surface area (Å²) in [5.41, 5.74) is 0.774. The predicted octanol–water partition coefficient (Wildman–Crippen LogP) is 1.15. The summed E-state index contributed by atoms with van der Waals surface area (Å²) in [4.78, 5) is 15.3. The maximum Gasteiger partial charge on any atom is 0.309 e. The van der Waals surface area contributed by atoms with Gasteiger partial charge in [-0.15, -0.1) is 0 Å². The molecule has 0 bridgehead atoms. The fraction of sp³-hybridized carbons (Fsp3) is 0.500. The van der Waals surface area contributed by atoms with Gasteiger partial charge in [-0.1, -0.05) is 13.0 Å². The lowest BCUT2D eigenvalue weighted by Crippen LogP contribution is -2.20. The van der Waals surface area contributed by atoms with Gasteiger partial charge in [0.05, 0.1) is 25.9 Å². The lowest BCUT2D eigenvalue weighted by Gasteiger charge is -2.10. The fourth-order valence-electron chi connectivity index (χ4n) is 1.50. The molecular formula is C12H17NO4S. The van der Waals surface area contributed by atoms with Gasteiger partial charge >= 0.3 is 5.97 Å². The molecule has 0 aliphatic rings. The Morgan fingerprint density at radius 1 is 1.50 bits per heavy atom. The Morgan fingerprint density at radius 2 is 2.22 bits per heavy atom. The average molecular weight is 271 g/mol. The van der Waals surface area contributed by atoms with Crippen LogP contribution in [0, 0.1) is 5.92 Å². The van der Waals surface area contributed by atoms with Crippen molar-refractivity contribution in [2.24, 2.45) is 5.92 Å². The van der Waals surface area contributed by atoms with Crippen molar-refractivity contribution in [1.29, 1.82) is 0 Å². The lowest BCUT2D eigenvalue weighted by molar-refractivity contribution is -0.144. The van der Waals surface area contributed by atoms with Crippen molar-refractivity contribution >= 4 is 16.8 Å². The molecule has 100 valence electrons. The predicted molar refractivity (Wildman–Crippen MR) is 68.7 cm³/mol. The molecule has 2 unspecified atom stereocenters. The van der Waals surface area contributed by atoms with Crippen molar-refractivity contribution in [3.63, 3.8) is 0 Å². The average Bonchev–Trinajstić information content (AvgIpc) is 2.38. The van der Waals surface area contributed by atoms with Crippen LogP contribution in [-0.4, -0.2) is 35.1 Å². The maximum atomic E-state index is 11.9. The highest BCUT2D eigenvalue weighted by atomic mass is 32.2. The van der Waals surface area contributed by atoms with E-state index in [9.17, 15) is 9.00 Å². The van der Waals surface area contributed by atoms with Crippen molar-refractivity contribution in [1.82, 2.24) is 4.98 Å². The number of carbonyl (C=O) groups is 1. The Morgan fingerprint density at radius 3 is 2.83 bits per heavy atom. The highest BCUT2D eigenvalue weighted by molar-refractivity contribution is 7.84. The van der Waals surface area contributed by atoms with E-state index >= 15 is 0 Å². The summed E-state index contributed by atoms with van der Waals surface area (Å²) in [6, 6.07) is 3.57. The molecule has 0 spiro atoms. The molecule has 0 N–H and O–H groups in total. The molecule has 1 aromatic rings. The number of esters is 1. The van der Waals surface area contributed by atoms with Gasteiger partial charge in [0.1, 0.15) is 0 Å². The summed E-state index contributed by atoms with van der Waals surface area (Å²) in [7, 11) is 1.69. The molecule has 0 aromatic carbocycles. The molecule has 0 aliphatic carbocycles. The molecule has 0 radical (unpaired) electrons. The number of hydrogen-bond acceptors (Lipinski definition) is 5. The van der Waals surface area contributed by atoms with Crippen LogP contribution >= 0.6 is 0 Å². The largest absolute Gasteiger partial charge is 0.481 e. The van der Waals surface area contributed by atoms with Crippen LogP contribution < -0.4 is 4.74 Å². The van der Waals surface area contributed by atoms with E-state index in [4.69, 9.17) is 4.74 Å². The standard InChI is InChI=1S/C12H17NO4S/c1-9(12(14)17-3)7-18(15)8-10-5-4-6-13-11(10)16-2/h4-6,9H,7-8H2,1-3H3. The second-order valence-electron chi connectivity index (χ2n) is 3.85. The fourth-order valence-corrected chi connectivity index (χ4v) is 2.88. The zero-order valence-corrected chi connectivity index (χ0v) is 11.5. The van der Waals surface area contributed by atoms with Crippen molar-refractivity contribution < 1.29 is 18.5 Å². The van der Waals surface area contributed by atoms with Gasteiger partial charge in [0, 0.05) is 28.3 Å². The first kappa shape index (κ1) is 14.6.